The van der Waals surface area contributed by atoms with E-state index in [0.29, 0.717) is 39.0 Å². The standard InChI is InChI=1S/C22H21ClN6O3/c1-32-18-9-8-14(23)12-16(18)24-19(30)13-28-22(31)29-17-7-3-2-6-15(17)25-20(21(29)26-28)27-10-4-5-11-27/h2-3,6-9,12H,4-5,10-11,13H2,1H3,(H,24,30). The molecule has 10 heteroatoms. The van der Waals surface area contributed by atoms with Gasteiger partial charge in [-0.15, -0.1) is 5.10 Å². The van der Waals surface area contributed by atoms with E-state index in [1.54, 1.807) is 18.2 Å². The quantitative estimate of drug-likeness (QED) is 0.500. The molecule has 32 heavy (non-hydrogen) atoms. The van der Waals surface area contributed by atoms with E-state index in [1.807, 2.05) is 24.3 Å². The number of amides is 1. The summed E-state index contributed by atoms with van der Waals surface area (Å²) in [5, 5.41) is 7.70. The number of methoxy groups -OCH3 is 1. The Labute approximate surface area is 188 Å². The molecule has 0 spiro atoms. The summed E-state index contributed by atoms with van der Waals surface area (Å²) in [6, 6.07) is 12.4. The van der Waals surface area contributed by atoms with E-state index in [-0.39, 0.29) is 6.54 Å². The van der Waals surface area contributed by atoms with Gasteiger partial charge >= 0.3 is 5.69 Å². The molecule has 1 saturated heterocycles. The van der Waals surface area contributed by atoms with Gasteiger partial charge < -0.3 is 15.0 Å². The van der Waals surface area contributed by atoms with Crippen LogP contribution in [0.25, 0.3) is 16.7 Å². The van der Waals surface area contributed by atoms with Gasteiger partial charge in [0, 0.05) is 18.1 Å². The highest BCUT2D eigenvalue weighted by Crippen LogP contribution is 2.28. The molecule has 1 aliphatic rings. The fraction of sp³-hybridized carbons (Fsp3) is 0.273. The molecule has 2 aromatic heterocycles. The van der Waals surface area contributed by atoms with E-state index in [9.17, 15) is 9.59 Å². The van der Waals surface area contributed by atoms with Crippen molar-refractivity contribution < 1.29 is 9.53 Å². The first-order valence-electron chi connectivity index (χ1n) is 10.3. The molecule has 0 radical (unpaired) electrons. The lowest BCUT2D eigenvalue weighted by molar-refractivity contribution is -0.117. The van der Waals surface area contributed by atoms with Gasteiger partial charge in [-0.3, -0.25) is 4.79 Å². The number of halogens is 1. The van der Waals surface area contributed by atoms with Crippen LogP contribution in [0.5, 0.6) is 5.75 Å². The molecule has 1 N–H and O–H groups in total. The van der Waals surface area contributed by atoms with Crippen molar-refractivity contribution in [2.45, 2.75) is 19.4 Å². The van der Waals surface area contributed by atoms with Crippen LogP contribution < -0.4 is 20.6 Å². The van der Waals surface area contributed by atoms with Crippen LogP contribution in [0, 0.1) is 0 Å². The Balaban J connectivity index is 1.55. The lowest BCUT2D eigenvalue weighted by Crippen LogP contribution is -2.28. The molecule has 0 saturated carbocycles. The van der Waals surface area contributed by atoms with Crippen LogP contribution in [0.3, 0.4) is 0 Å². The topological polar surface area (TPSA) is 93.8 Å². The Morgan fingerprint density at radius 1 is 1.19 bits per heavy atom. The third-order valence-corrected chi connectivity index (χ3v) is 5.76. The summed E-state index contributed by atoms with van der Waals surface area (Å²) in [6.07, 6.45) is 2.13. The van der Waals surface area contributed by atoms with E-state index >= 15 is 0 Å². The van der Waals surface area contributed by atoms with Crippen molar-refractivity contribution in [2.75, 3.05) is 30.4 Å². The molecule has 3 heterocycles. The zero-order valence-corrected chi connectivity index (χ0v) is 18.2. The maximum absolute atomic E-state index is 13.3. The molecule has 1 amide bonds. The second kappa shape index (κ2) is 8.16. The van der Waals surface area contributed by atoms with Crippen molar-refractivity contribution in [2.24, 2.45) is 0 Å². The summed E-state index contributed by atoms with van der Waals surface area (Å²) >= 11 is 6.04. The van der Waals surface area contributed by atoms with Gasteiger partial charge in [-0.25, -0.2) is 18.9 Å². The smallest absolute Gasteiger partial charge is 0.351 e. The van der Waals surface area contributed by atoms with E-state index in [2.05, 4.69) is 15.3 Å². The largest absolute Gasteiger partial charge is 0.495 e. The zero-order valence-electron chi connectivity index (χ0n) is 17.4. The normalized spacial score (nSPS) is 13.8. The van der Waals surface area contributed by atoms with E-state index in [1.165, 1.54) is 11.5 Å². The lowest BCUT2D eigenvalue weighted by atomic mass is 10.3. The summed E-state index contributed by atoms with van der Waals surface area (Å²) in [5.74, 6) is 0.710. The van der Waals surface area contributed by atoms with Crippen LogP contribution >= 0.6 is 11.6 Å². The first-order valence-corrected chi connectivity index (χ1v) is 10.7. The van der Waals surface area contributed by atoms with Gasteiger partial charge in [0.05, 0.1) is 23.8 Å². The molecule has 9 nitrogen and oxygen atoms in total. The fourth-order valence-corrected chi connectivity index (χ4v) is 4.20. The number of carbonyl (C=O) groups excluding carboxylic acids is 1. The number of hydrogen-bond donors (Lipinski definition) is 1. The maximum atomic E-state index is 13.3. The van der Waals surface area contributed by atoms with E-state index in [0.717, 1.165) is 30.6 Å². The number of nitrogens with one attached hydrogen (secondary N) is 1. The average Bonchev–Trinajstić information content (AvgIpc) is 3.42. The first-order chi connectivity index (χ1) is 15.5. The Morgan fingerprint density at radius 3 is 2.75 bits per heavy atom. The van der Waals surface area contributed by atoms with Gasteiger partial charge in [-0.2, -0.15) is 0 Å². The number of aromatic nitrogens is 4. The molecule has 1 aliphatic heterocycles. The molecule has 4 aromatic rings. The highest BCUT2D eigenvalue weighted by molar-refractivity contribution is 6.31. The van der Waals surface area contributed by atoms with E-state index in [4.69, 9.17) is 21.3 Å². The number of hydrogen-bond acceptors (Lipinski definition) is 6. The van der Waals surface area contributed by atoms with Crippen LogP contribution in [0.15, 0.2) is 47.3 Å². The third-order valence-electron chi connectivity index (χ3n) is 5.52. The molecule has 0 unspecified atom stereocenters. The SMILES string of the molecule is COc1ccc(Cl)cc1NC(=O)Cn1nc2c(N3CCCC3)nc3ccccc3n2c1=O. The predicted octanol–water partition coefficient (Wildman–Crippen LogP) is 2.95. The second-order valence-corrected chi connectivity index (χ2v) is 8.05. The van der Waals surface area contributed by atoms with Crippen molar-refractivity contribution in [1.82, 2.24) is 19.2 Å². The van der Waals surface area contributed by atoms with Crippen molar-refractivity contribution in [3.63, 3.8) is 0 Å². The first kappa shape index (κ1) is 20.3. The number of fused-ring (bicyclic) bond motifs is 3. The monoisotopic (exact) mass is 452 g/mol. The Kier molecular flexibility index (Phi) is 5.18. The molecule has 0 aliphatic carbocycles. The second-order valence-electron chi connectivity index (χ2n) is 7.61. The van der Waals surface area contributed by atoms with Crippen molar-refractivity contribution in [3.8, 4) is 5.75 Å². The molecule has 2 aromatic carbocycles. The van der Waals surface area contributed by atoms with Crippen LogP contribution in [0.2, 0.25) is 5.02 Å². The molecule has 0 atom stereocenters. The van der Waals surface area contributed by atoms with Gasteiger partial charge in [0.2, 0.25) is 11.6 Å². The van der Waals surface area contributed by atoms with Crippen LogP contribution in [0.4, 0.5) is 11.5 Å². The minimum atomic E-state index is -0.420. The fourth-order valence-electron chi connectivity index (χ4n) is 4.03. The summed E-state index contributed by atoms with van der Waals surface area (Å²) in [6.45, 7) is 1.46. The molecule has 5 rings (SSSR count). The molecule has 0 bridgehead atoms. The number of benzene rings is 2. The highest BCUT2D eigenvalue weighted by Gasteiger charge is 2.23. The van der Waals surface area contributed by atoms with E-state index < -0.39 is 11.6 Å². The van der Waals surface area contributed by atoms with Gasteiger partial charge in [0.25, 0.3) is 0 Å². The number of para-hydroxylation sites is 2. The Hall–Kier alpha value is -3.59. The van der Waals surface area contributed by atoms with Crippen LogP contribution in [0.1, 0.15) is 12.8 Å². The number of anilines is 2. The third kappa shape index (κ3) is 3.54. The van der Waals surface area contributed by atoms with Gasteiger partial charge in [0.1, 0.15) is 12.3 Å². The number of carbonyl (C=O) groups is 1. The summed E-state index contributed by atoms with van der Waals surface area (Å²) in [4.78, 5) is 32.9. The Bertz CT molecular complexity index is 1390. The minimum Gasteiger partial charge on any atom is -0.495 e. The van der Waals surface area contributed by atoms with Gasteiger partial charge in [-0.1, -0.05) is 23.7 Å². The molecule has 1 fully saturated rings. The minimum absolute atomic E-state index is 0.260. The summed E-state index contributed by atoms with van der Waals surface area (Å²) in [5.41, 5.74) is 1.83. The number of rotatable bonds is 5. The number of ether oxygens (including phenoxy) is 1. The van der Waals surface area contributed by atoms with Crippen LogP contribution in [-0.4, -0.2) is 45.3 Å². The van der Waals surface area contributed by atoms with Crippen molar-refractivity contribution in [1.29, 1.82) is 0 Å². The van der Waals surface area contributed by atoms with Crippen molar-refractivity contribution >= 4 is 45.7 Å². The van der Waals surface area contributed by atoms with Crippen molar-refractivity contribution in [3.05, 3.63) is 58.0 Å². The molecular weight excluding hydrogens is 432 g/mol. The highest BCUT2D eigenvalue weighted by atomic mass is 35.5. The number of nitrogens with zero attached hydrogens (tertiary/aromatic N) is 5. The molecule has 164 valence electrons. The maximum Gasteiger partial charge on any atom is 0.351 e. The summed E-state index contributed by atoms with van der Waals surface area (Å²) in [7, 11) is 1.50. The van der Waals surface area contributed by atoms with Gasteiger partial charge in [0.15, 0.2) is 5.82 Å². The van der Waals surface area contributed by atoms with Crippen LogP contribution in [-0.2, 0) is 11.3 Å². The average molecular weight is 453 g/mol. The predicted molar refractivity (Wildman–Crippen MR) is 123 cm³/mol. The Morgan fingerprint density at radius 2 is 1.97 bits per heavy atom. The zero-order chi connectivity index (χ0) is 22.2. The molecular formula is C22H21ClN6O3. The van der Waals surface area contributed by atoms with Gasteiger partial charge in [-0.05, 0) is 43.2 Å². The summed E-state index contributed by atoms with van der Waals surface area (Å²) < 4.78 is 7.96. The lowest BCUT2D eigenvalue weighted by Gasteiger charge is -2.17.